The molecule has 1 aliphatic rings. The zero-order chi connectivity index (χ0) is 12.3. The van der Waals surface area contributed by atoms with Crippen molar-refractivity contribution in [2.75, 3.05) is 19.8 Å². The maximum atomic E-state index is 10.1. The third-order valence-electron chi connectivity index (χ3n) is 3.29. The average molecular weight is 236 g/mol. The molecule has 0 radical (unpaired) electrons. The highest BCUT2D eigenvalue weighted by molar-refractivity contribution is 5.30. The largest absolute Gasteiger partial charge is 0.390 e. The predicted molar refractivity (Wildman–Crippen MR) is 66.2 cm³/mol. The highest BCUT2D eigenvalue weighted by atomic mass is 16.6. The molecule has 0 aliphatic carbocycles. The first-order valence-corrected chi connectivity index (χ1v) is 6.10. The normalized spacial score (nSPS) is 22.4. The maximum Gasteiger partial charge on any atom is 0.107 e. The van der Waals surface area contributed by atoms with Gasteiger partial charge in [-0.3, -0.25) is 0 Å². The van der Waals surface area contributed by atoms with E-state index in [2.05, 4.69) is 32.0 Å². The Morgan fingerprint density at radius 1 is 1.29 bits per heavy atom. The van der Waals surface area contributed by atoms with Crippen LogP contribution >= 0.6 is 0 Å². The lowest BCUT2D eigenvalue weighted by Crippen LogP contribution is -2.39. The predicted octanol–water partition coefficient (Wildman–Crippen LogP) is 1.62. The van der Waals surface area contributed by atoms with Gasteiger partial charge in [-0.25, -0.2) is 0 Å². The summed E-state index contributed by atoms with van der Waals surface area (Å²) in [4.78, 5) is 0. The summed E-state index contributed by atoms with van der Waals surface area (Å²) in [6.45, 7) is 5.88. The van der Waals surface area contributed by atoms with Crippen molar-refractivity contribution in [3.8, 4) is 0 Å². The van der Waals surface area contributed by atoms with Gasteiger partial charge in [-0.15, -0.1) is 0 Å². The van der Waals surface area contributed by atoms with Crippen LogP contribution in [0.3, 0.4) is 0 Å². The van der Waals surface area contributed by atoms with Gasteiger partial charge in [0.1, 0.15) is 6.10 Å². The SMILES string of the molecule is Cc1ccc(CC(O)C2COCCO2)cc1C. The molecule has 0 aromatic heterocycles. The van der Waals surface area contributed by atoms with Gasteiger partial charge in [-0.2, -0.15) is 0 Å². The van der Waals surface area contributed by atoms with E-state index in [-0.39, 0.29) is 6.10 Å². The van der Waals surface area contributed by atoms with E-state index < -0.39 is 6.10 Å². The number of aryl methyl sites for hydroxylation is 2. The molecule has 0 bridgehead atoms. The number of benzene rings is 1. The van der Waals surface area contributed by atoms with E-state index in [0.717, 1.165) is 5.56 Å². The van der Waals surface area contributed by atoms with Gasteiger partial charge < -0.3 is 14.6 Å². The smallest absolute Gasteiger partial charge is 0.107 e. The van der Waals surface area contributed by atoms with Crippen LogP contribution in [0, 0.1) is 13.8 Å². The van der Waals surface area contributed by atoms with Crippen molar-refractivity contribution in [1.82, 2.24) is 0 Å². The molecule has 0 saturated carbocycles. The van der Waals surface area contributed by atoms with Gasteiger partial charge in [0.2, 0.25) is 0 Å². The molecule has 1 fully saturated rings. The summed E-state index contributed by atoms with van der Waals surface area (Å²) in [5.74, 6) is 0. The molecule has 0 amide bonds. The quantitative estimate of drug-likeness (QED) is 0.866. The lowest BCUT2D eigenvalue weighted by atomic mass is 10.00. The van der Waals surface area contributed by atoms with Crippen LogP contribution in [0.15, 0.2) is 18.2 Å². The summed E-state index contributed by atoms with van der Waals surface area (Å²) in [6, 6.07) is 6.28. The summed E-state index contributed by atoms with van der Waals surface area (Å²) in [7, 11) is 0. The summed E-state index contributed by atoms with van der Waals surface area (Å²) in [6.07, 6.45) is -0.0578. The molecular weight excluding hydrogens is 216 g/mol. The maximum absolute atomic E-state index is 10.1. The van der Waals surface area contributed by atoms with E-state index in [1.54, 1.807) is 0 Å². The van der Waals surface area contributed by atoms with Crippen LogP contribution in [0.2, 0.25) is 0 Å². The molecule has 1 aromatic carbocycles. The van der Waals surface area contributed by atoms with Crippen molar-refractivity contribution >= 4 is 0 Å². The van der Waals surface area contributed by atoms with E-state index in [9.17, 15) is 5.11 Å². The Kier molecular flexibility index (Phi) is 4.15. The van der Waals surface area contributed by atoms with Crippen LogP contribution in [0.4, 0.5) is 0 Å². The fourth-order valence-corrected chi connectivity index (χ4v) is 2.03. The molecule has 2 atom stereocenters. The van der Waals surface area contributed by atoms with E-state index in [1.807, 2.05) is 0 Å². The summed E-state index contributed by atoms with van der Waals surface area (Å²) < 4.78 is 10.8. The first-order chi connectivity index (χ1) is 8.16. The standard InChI is InChI=1S/C14H20O3/c1-10-3-4-12(7-11(10)2)8-13(15)14-9-16-5-6-17-14/h3-4,7,13-15H,5-6,8-9H2,1-2H3. The number of rotatable bonds is 3. The van der Waals surface area contributed by atoms with Crippen LogP contribution in [-0.2, 0) is 15.9 Å². The Morgan fingerprint density at radius 2 is 2.12 bits per heavy atom. The van der Waals surface area contributed by atoms with Crippen molar-refractivity contribution < 1.29 is 14.6 Å². The van der Waals surface area contributed by atoms with Gasteiger partial charge in [0.05, 0.1) is 25.9 Å². The monoisotopic (exact) mass is 236 g/mol. The molecule has 1 N–H and O–H groups in total. The summed E-state index contributed by atoms with van der Waals surface area (Å²) in [5, 5.41) is 10.1. The van der Waals surface area contributed by atoms with Crippen LogP contribution in [0.5, 0.6) is 0 Å². The molecule has 1 aliphatic heterocycles. The van der Waals surface area contributed by atoms with Crippen molar-refractivity contribution in [1.29, 1.82) is 0 Å². The lowest BCUT2D eigenvalue weighted by molar-refractivity contribution is -0.131. The summed E-state index contributed by atoms with van der Waals surface area (Å²) >= 11 is 0. The molecule has 94 valence electrons. The zero-order valence-electron chi connectivity index (χ0n) is 10.5. The minimum absolute atomic E-state index is 0.189. The van der Waals surface area contributed by atoms with Gasteiger partial charge in [-0.1, -0.05) is 18.2 Å². The lowest BCUT2D eigenvalue weighted by Gasteiger charge is -2.27. The zero-order valence-corrected chi connectivity index (χ0v) is 10.5. The first-order valence-electron chi connectivity index (χ1n) is 6.10. The van der Waals surface area contributed by atoms with Crippen LogP contribution in [-0.4, -0.2) is 37.1 Å². The van der Waals surface area contributed by atoms with E-state index in [1.165, 1.54) is 11.1 Å². The van der Waals surface area contributed by atoms with Crippen molar-refractivity contribution in [3.05, 3.63) is 34.9 Å². The Morgan fingerprint density at radius 3 is 2.76 bits per heavy atom. The molecule has 3 nitrogen and oxygen atoms in total. The Bertz CT molecular complexity index is 370. The van der Waals surface area contributed by atoms with Crippen LogP contribution in [0.25, 0.3) is 0 Å². The third-order valence-corrected chi connectivity index (χ3v) is 3.29. The molecular formula is C14H20O3. The minimum Gasteiger partial charge on any atom is -0.390 e. The molecule has 2 rings (SSSR count). The van der Waals surface area contributed by atoms with E-state index >= 15 is 0 Å². The number of hydrogen-bond acceptors (Lipinski definition) is 3. The fourth-order valence-electron chi connectivity index (χ4n) is 2.03. The van der Waals surface area contributed by atoms with E-state index in [4.69, 9.17) is 9.47 Å². The molecule has 1 aromatic rings. The molecule has 1 saturated heterocycles. The van der Waals surface area contributed by atoms with E-state index in [0.29, 0.717) is 26.2 Å². The molecule has 1 heterocycles. The van der Waals surface area contributed by atoms with Crippen LogP contribution < -0.4 is 0 Å². The molecule has 3 heteroatoms. The number of aliphatic hydroxyl groups is 1. The van der Waals surface area contributed by atoms with Crippen molar-refractivity contribution in [2.45, 2.75) is 32.5 Å². The highest BCUT2D eigenvalue weighted by Gasteiger charge is 2.23. The average Bonchev–Trinajstić information content (AvgIpc) is 2.35. The van der Waals surface area contributed by atoms with Crippen molar-refractivity contribution in [2.24, 2.45) is 0 Å². The van der Waals surface area contributed by atoms with Crippen LogP contribution in [0.1, 0.15) is 16.7 Å². The minimum atomic E-state index is -0.489. The summed E-state index contributed by atoms with van der Waals surface area (Å²) in [5.41, 5.74) is 3.69. The fraction of sp³-hybridized carbons (Fsp3) is 0.571. The number of aliphatic hydroxyl groups excluding tert-OH is 1. The topological polar surface area (TPSA) is 38.7 Å². The highest BCUT2D eigenvalue weighted by Crippen LogP contribution is 2.15. The molecule has 0 spiro atoms. The third kappa shape index (κ3) is 3.28. The van der Waals surface area contributed by atoms with Gasteiger partial charge in [-0.05, 0) is 30.5 Å². The van der Waals surface area contributed by atoms with Gasteiger partial charge in [0.25, 0.3) is 0 Å². The Hall–Kier alpha value is -0.900. The second-order valence-electron chi connectivity index (χ2n) is 4.67. The van der Waals surface area contributed by atoms with Crippen molar-refractivity contribution in [3.63, 3.8) is 0 Å². The number of ether oxygens (including phenoxy) is 2. The van der Waals surface area contributed by atoms with Gasteiger partial charge >= 0.3 is 0 Å². The number of hydrogen-bond donors (Lipinski definition) is 1. The molecule has 2 unspecified atom stereocenters. The molecule has 17 heavy (non-hydrogen) atoms. The van der Waals surface area contributed by atoms with Gasteiger partial charge in [0.15, 0.2) is 0 Å². The Labute approximate surface area is 102 Å². The second kappa shape index (κ2) is 5.63. The second-order valence-corrected chi connectivity index (χ2v) is 4.67. The first kappa shape index (κ1) is 12.6. The van der Waals surface area contributed by atoms with Gasteiger partial charge in [0, 0.05) is 6.42 Å². The Balaban J connectivity index is 1.96.